The number of nitrogens with zero attached hydrogens (tertiary/aromatic N) is 1. The molecule has 0 saturated carbocycles. The van der Waals surface area contributed by atoms with Gasteiger partial charge in [0.05, 0.1) is 15.6 Å². The molecule has 1 N–H and O–H groups in total. The zero-order chi connectivity index (χ0) is 7.84. The molecule has 2 heterocycles. The van der Waals surface area contributed by atoms with Gasteiger partial charge in [0.25, 0.3) is 0 Å². The number of aromatic amines is 1. The van der Waals surface area contributed by atoms with Crippen molar-refractivity contribution in [2.45, 2.75) is 0 Å². The van der Waals surface area contributed by atoms with E-state index in [0.29, 0.717) is 10.0 Å². The van der Waals surface area contributed by atoms with E-state index < -0.39 is 0 Å². The lowest BCUT2D eigenvalue weighted by Gasteiger charge is -1.90. The Balaban J connectivity index is 2.94. The van der Waals surface area contributed by atoms with Crippen LogP contribution in [0.4, 0.5) is 0 Å². The number of aromatic nitrogens is 2. The molecule has 0 bridgehead atoms. The van der Waals surface area contributed by atoms with Crippen LogP contribution in [0.5, 0.6) is 0 Å². The normalized spacial score (nSPS) is 10.7. The van der Waals surface area contributed by atoms with Crippen LogP contribution >= 0.6 is 23.2 Å². The maximum atomic E-state index is 5.82. The summed E-state index contributed by atoms with van der Waals surface area (Å²) in [6.07, 6.45) is 4.95. The van der Waals surface area contributed by atoms with Crippen molar-refractivity contribution in [2.75, 3.05) is 0 Å². The van der Waals surface area contributed by atoms with Crippen molar-refractivity contribution in [3.8, 4) is 0 Å². The first kappa shape index (κ1) is 6.95. The van der Waals surface area contributed by atoms with Gasteiger partial charge in [-0.3, -0.25) is 4.98 Å². The summed E-state index contributed by atoms with van der Waals surface area (Å²) in [5.41, 5.74) is 0.840. The monoisotopic (exact) mass is 186 g/mol. The van der Waals surface area contributed by atoms with Crippen LogP contribution in [-0.4, -0.2) is 9.97 Å². The fourth-order valence-electron chi connectivity index (χ4n) is 0.976. The molecular formula is C7H4Cl2N2. The molecule has 0 radical (unpaired) electrons. The number of fused-ring (bicyclic) bond motifs is 1. The van der Waals surface area contributed by atoms with E-state index in [9.17, 15) is 0 Å². The molecule has 0 unspecified atom stereocenters. The molecule has 0 atom stereocenters. The molecule has 11 heavy (non-hydrogen) atoms. The topological polar surface area (TPSA) is 28.7 Å². The van der Waals surface area contributed by atoms with E-state index in [-0.39, 0.29) is 0 Å². The number of rotatable bonds is 0. The van der Waals surface area contributed by atoms with Crippen molar-refractivity contribution in [2.24, 2.45) is 0 Å². The summed E-state index contributed by atoms with van der Waals surface area (Å²) < 4.78 is 0. The predicted molar refractivity (Wildman–Crippen MR) is 46.1 cm³/mol. The van der Waals surface area contributed by atoms with Crippen LogP contribution in [0.25, 0.3) is 10.9 Å². The first-order chi connectivity index (χ1) is 5.29. The van der Waals surface area contributed by atoms with Gasteiger partial charge in [-0.2, -0.15) is 0 Å². The molecule has 0 spiro atoms. The first-order valence-corrected chi connectivity index (χ1v) is 3.80. The molecule has 0 aliphatic heterocycles. The Morgan fingerprint density at radius 3 is 2.73 bits per heavy atom. The van der Waals surface area contributed by atoms with E-state index in [1.165, 1.54) is 0 Å². The fourth-order valence-corrected chi connectivity index (χ4v) is 1.39. The number of nitrogens with one attached hydrogen (secondary N) is 1. The molecule has 2 aromatic rings. The second-order valence-electron chi connectivity index (χ2n) is 2.18. The summed E-state index contributed by atoms with van der Waals surface area (Å²) in [5, 5.41) is 2.10. The quantitative estimate of drug-likeness (QED) is 0.674. The highest BCUT2D eigenvalue weighted by molar-refractivity contribution is 6.39. The largest absolute Gasteiger partial charge is 0.358 e. The summed E-state index contributed by atoms with van der Waals surface area (Å²) >= 11 is 11.6. The predicted octanol–water partition coefficient (Wildman–Crippen LogP) is 2.87. The first-order valence-electron chi connectivity index (χ1n) is 3.05. The minimum Gasteiger partial charge on any atom is -0.358 e. The van der Waals surface area contributed by atoms with Crippen LogP contribution in [0, 0.1) is 0 Å². The van der Waals surface area contributed by atoms with Gasteiger partial charge in [-0.05, 0) is 0 Å². The van der Waals surface area contributed by atoms with Crippen molar-refractivity contribution in [3.63, 3.8) is 0 Å². The van der Waals surface area contributed by atoms with Crippen LogP contribution in [0.2, 0.25) is 10.0 Å². The van der Waals surface area contributed by atoms with Crippen LogP contribution in [0.1, 0.15) is 0 Å². The smallest absolute Gasteiger partial charge is 0.0830 e. The Kier molecular flexibility index (Phi) is 1.51. The zero-order valence-corrected chi connectivity index (χ0v) is 6.95. The maximum Gasteiger partial charge on any atom is 0.0830 e. The second kappa shape index (κ2) is 2.40. The minimum atomic E-state index is 0.592. The van der Waals surface area contributed by atoms with E-state index in [1.54, 1.807) is 18.6 Å². The molecule has 0 aliphatic carbocycles. The van der Waals surface area contributed by atoms with Crippen LogP contribution in [0.15, 0.2) is 18.6 Å². The Morgan fingerprint density at radius 1 is 1.18 bits per heavy atom. The van der Waals surface area contributed by atoms with Crippen molar-refractivity contribution >= 4 is 34.1 Å². The lowest BCUT2D eigenvalue weighted by atomic mass is 10.3. The van der Waals surface area contributed by atoms with Gasteiger partial charge in [-0.1, -0.05) is 23.2 Å². The van der Waals surface area contributed by atoms with Gasteiger partial charge in [0, 0.05) is 24.0 Å². The third-order valence-electron chi connectivity index (χ3n) is 1.50. The Morgan fingerprint density at radius 2 is 2.00 bits per heavy atom. The van der Waals surface area contributed by atoms with E-state index in [0.717, 1.165) is 10.9 Å². The summed E-state index contributed by atoms with van der Waals surface area (Å²) in [6.45, 7) is 0. The molecule has 56 valence electrons. The molecule has 0 amide bonds. The molecule has 2 nitrogen and oxygen atoms in total. The third-order valence-corrected chi connectivity index (χ3v) is 2.10. The SMILES string of the molecule is Clc1c[nH]c2c(Cl)cncc12. The molecule has 0 saturated heterocycles. The molecule has 0 aliphatic rings. The lowest BCUT2D eigenvalue weighted by molar-refractivity contribution is 1.36. The lowest BCUT2D eigenvalue weighted by Crippen LogP contribution is -1.73. The van der Waals surface area contributed by atoms with Crippen molar-refractivity contribution in [1.29, 1.82) is 0 Å². The van der Waals surface area contributed by atoms with Gasteiger partial charge in [0.1, 0.15) is 0 Å². The third kappa shape index (κ3) is 0.988. The fraction of sp³-hybridized carbons (Fsp3) is 0. The number of H-pyrrole nitrogens is 1. The van der Waals surface area contributed by atoms with Crippen LogP contribution in [0.3, 0.4) is 0 Å². The average Bonchev–Trinajstić information content (AvgIpc) is 2.35. The molecular weight excluding hydrogens is 183 g/mol. The van der Waals surface area contributed by atoms with Gasteiger partial charge < -0.3 is 4.98 Å². The van der Waals surface area contributed by atoms with E-state index >= 15 is 0 Å². The zero-order valence-electron chi connectivity index (χ0n) is 5.44. The highest BCUT2D eigenvalue weighted by Crippen LogP contribution is 2.26. The number of halogens is 2. The second-order valence-corrected chi connectivity index (χ2v) is 2.99. The van der Waals surface area contributed by atoms with Crippen LogP contribution in [-0.2, 0) is 0 Å². The highest BCUT2D eigenvalue weighted by Gasteiger charge is 2.03. The standard InChI is InChI=1S/C7H4Cl2N2/c8-5-3-11-7-4(5)1-10-2-6(7)9/h1-3,11H. The van der Waals surface area contributed by atoms with Gasteiger partial charge in [-0.25, -0.2) is 0 Å². The molecule has 2 aromatic heterocycles. The Labute approximate surface area is 73.1 Å². The Hall–Kier alpha value is -0.730. The molecule has 2 rings (SSSR count). The minimum absolute atomic E-state index is 0.592. The highest BCUT2D eigenvalue weighted by atomic mass is 35.5. The summed E-state index contributed by atoms with van der Waals surface area (Å²) in [6, 6.07) is 0. The summed E-state index contributed by atoms with van der Waals surface area (Å²) in [7, 11) is 0. The molecule has 4 heteroatoms. The Bertz CT molecular complexity index is 394. The van der Waals surface area contributed by atoms with Crippen molar-refractivity contribution in [1.82, 2.24) is 9.97 Å². The van der Waals surface area contributed by atoms with Gasteiger partial charge >= 0.3 is 0 Å². The van der Waals surface area contributed by atoms with Gasteiger partial charge in [0.15, 0.2) is 0 Å². The molecule has 0 aromatic carbocycles. The average molecular weight is 187 g/mol. The van der Waals surface area contributed by atoms with Crippen molar-refractivity contribution < 1.29 is 0 Å². The maximum absolute atomic E-state index is 5.82. The summed E-state index contributed by atoms with van der Waals surface area (Å²) in [4.78, 5) is 6.86. The van der Waals surface area contributed by atoms with E-state index in [1.807, 2.05) is 0 Å². The number of pyridine rings is 1. The van der Waals surface area contributed by atoms with Crippen molar-refractivity contribution in [3.05, 3.63) is 28.6 Å². The van der Waals surface area contributed by atoms with Gasteiger partial charge in [0.2, 0.25) is 0 Å². The van der Waals surface area contributed by atoms with E-state index in [4.69, 9.17) is 23.2 Å². The van der Waals surface area contributed by atoms with E-state index in [2.05, 4.69) is 9.97 Å². The van der Waals surface area contributed by atoms with Gasteiger partial charge in [-0.15, -0.1) is 0 Å². The summed E-state index contributed by atoms with van der Waals surface area (Å²) in [5.74, 6) is 0. The molecule has 0 fully saturated rings. The number of hydrogen-bond donors (Lipinski definition) is 1. The number of hydrogen-bond acceptors (Lipinski definition) is 1. The van der Waals surface area contributed by atoms with Crippen LogP contribution < -0.4 is 0 Å².